The molecule has 2 rings (SSSR count). The third-order valence-corrected chi connectivity index (χ3v) is 4.58. The maximum Gasteiger partial charge on any atom is 0.416 e. The second kappa shape index (κ2) is 7.34. The maximum atomic E-state index is 13.1. The first-order chi connectivity index (χ1) is 10.8. The van der Waals surface area contributed by atoms with Gasteiger partial charge in [0.1, 0.15) is 0 Å². The van der Waals surface area contributed by atoms with E-state index in [2.05, 4.69) is 0 Å². The number of rotatable bonds is 4. The standard InChI is InChI=1S/C17H23F3N2O/c1-12(14-4-2-3-5-15(14)17(18,19)20)10-16(23)22-8-6-13(11-21)7-9-22/h2-5,12-13H,6-11,21H2,1H3. The zero-order valence-electron chi connectivity index (χ0n) is 13.3. The molecule has 0 spiro atoms. The van der Waals surface area contributed by atoms with Crippen molar-refractivity contribution in [3.8, 4) is 0 Å². The molecule has 1 heterocycles. The molecule has 1 amide bonds. The lowest BCUT2D eigenvalue weighted by Crippen LogP contribution is -2.40. The largest absolute Gasteiger partial charge is 0.416 e. The van der Waals surface area contributed by atoms with Gasteiger partial charge in [-0.2, -0.15) is 13.2 Å². The molecular formula is C17H23F3N2O. The van der Waals surface area contributed by atoms with Crippen molar-refractivity contribution >= 4 is 5.91 Å². The molecule has 1 atom stereocenters. The molecular weight excluding hydrogens is 305 g/mol. The molecule has 1 aliphatic rings. The third-order valence-electron chi connectivity index (χ3n) is 4.58. The Labute approximate surface area is 134 Å². The van der Waals surface area contributed by atoms with E-state index in [0.717, 1.165) is 18.9 Å². The minimum atomic E-state index is -4.40. The van der Waals surface area contributed by atoms with E-state index in [1.165, 1.54) is 12.1 Å². The number of benzene rings is 1. The van der Waals surface area contributed by atoms with Gasteiger partial charge < -0.3 is 10.6 Å². The van der Waals surface area contributed by atoms with Gasteiger partial charge in [0, 0.05) is 19.5 Å². The predicted octanol–water partition coefficient (Wildman–Crippen LogP) is 3.40. The summed E-state index contributed by atoms with van der Waals surface area (Å²) >= 11 is 0. The molecule has 2 N–H and O–H groups in total. The molecule has 0 bridgehead atoms. The van der Waals surface area contributed by atoms with E-state index in [4.69, 9.17) is 5.73 Å². The number of likely N-dealkylation sites (tertiary alicyclic amines) is 1. The van der Waals surface area contributed by atoms with Crippen LogP contribution in [-0.4, -0.2) is 30.4 Å². The number of carbonyl (C=O) groups excluding carboxylic acids is 1. The van der Waals surface area contributed by atoms with Crippen molar-refractivity contribution in [3.05, 3.63) is 35.4 Å². The van der Waals surface area contributed by atoms with Crippen LogP contribution in [0.2, 0.25) is 0 Å². The Bertz CT molecular complexity index is 537. The summed E-state index contributed by atoms with van der Waals surface area (Å²) in [6.45, 7) is 3.59. The fourth-order valence-electron chi connectivity index (χ4n) is 3.10. The number of piperidine rings is 1. The van der Waals surface area contributed by atoms with Gasteiger partial charge in [-0.15, -0.1) is 0 Å². The summed E-state index contributed by atoms with van der Waals surface area (Å²) in [6.07, 6.45) is -2.56. The zero-order chi connectivity index (χ0) is 17.0. The molecule has 128 valence electrons. The van der Waals surface area contributed by atoms with Crippen LogP contribution in [0.3, 0.4) is 0 Å². The quantitative estimate of drug-likeness (QED) is 0.921. The Morgan fingerprint density at radius 1 is 1.30 bits per heavy atom. The van der Waals surface area contributed by atoms with Crippen molar-refractivity contribution in [3.63, 3.8) is 0 Å². The smallest absolute Gasteiger partial charge is 0.343 e. The fourth-order valence-corrected chi connectivity index (χ4v) is 3.10. The van der Waals surface area contributed by atoms with E-state index in [1.54, 1.807) is 17.9 Å². The van der Waals surface area contributed by atoms with Gasteiger partial charge in [0.25, 0.3) is 0 Å². The van der Waals surface area contributed by atoms with Gasteiger partial charge in [-0.05, 0) is 42.9 Å². The highest BCUT2D eigenvalue weighted by atomic mass is 19.4. The number of hydrogen-bond acceptors (Lipinski definition) is 2. The van der Waals surface area contributed by atoms with E-state index in [9.17, 15) is 18.0 Å². The third kappa shape index (κ3) is 4.47. The number of nitrogens with two attached hydrogens (primary N) is 1. The van der Waals surface area contributed by atoms with Gasteiger partial charge in [0.15, 0.2) is 0 Å². The Hall–Kier alpha value is -1.56. The summed E-state index contributed by atoms with van der Waals surface area (Å²) in [5.74, 6) is -0.0973. The first kappa shape index (κ1) is 17.8. The predicted molar refractivity (Wildman–Crippen MR) is 82.8 cm³/mol. The van der Waals surface area contributed by atoms with E-state index in [1.807, 2.05) is 0 Å². The molecule has 0 aliphatic carbocycles. The molecule has 6 heteroatoms. The molecule has 1 fully saturated rings. The lowest BCUT2D eigenvalue weighted by Gasteiger charge is -2.32. The average Bonchev–Trinajstić information content (AvgIpc) is 2.54. The van der Waals surface area contributed by atoms with Crippen LogP contribution in [-0.2, 0) is 11.0 Å². The van der Waals surface area contributed by atoms with E-state index in [0.29, 0.717) is 25.6 Å². The molecule has 23 heavy (non-hydrogen) atoms. The molecule has 1 saturated heterocycles. The van der Waals surface area contributed by atoms with Gasteiger partial charge in [-0.25, -0.2) is 0 Å². The van der Waals surface area contributed by atoms with Crippen LogP contribution in [0.25, 0.3) is 0 Å². The van der Waals surface area contributed by atoms with Gasteiger partial charge in [-0.3, -0.25) is 4.79 Å². The molecule has 0 aromatic heterocycles. The maximum absolute atomic E-state index is 13.1. The first-order valence-electron chi connectivity index (χ1n) is 7.97. The van der Waals surface area contributed by atoms with Gasteiger partial charge >= 0.3 is 6.18 Å². The van der Waals surface area contributed by atoms with Gasteiger partial charge in [-0.1, -0.05) is 25.1 Å². The molecule has 1 unspecified atom stereocenters. The number of halogens is 3. The molecule has 1 aromatic carbocycles. The molecule has 0 saturated carbocycles. The van der Waals surface area contributed by atoms with Crippen LogP contribution in [0.1, 0.15) is 43.2 Å². The van der Waals surface area contributed by atoms with Crippen molar-refractivity contribution in [2.24, 2.45) is 11.7 Å². The van der Waals surface area contributed by atoms with Gasteiger partial charge in [0.2, 0.25) is 5.91 Å². The van der Waals surface area contributed by atoms with E-state index >= 15 is 0 Å². The second-order valence-electron chi connectivity index (χ2n) is 6.25. The summed E-state index contributed by atoms with van der Waals surface area (Å²) in [4.78, 5) is 14.1. The lowest BCUT2D eigenvalue weighted by atomic mass is 9.91. The Morgan fingerprint density at radius 3 is 2.48 bits per heavy atom. The van der Waals surface area contributed by atoms with Crippen molar-refractivity contribution in [2.45, 2.75) is 38.3 Å². The normalized spacial score (nSPS) is 18.0. The fraction of sp³-hybridized carbons (Fsp3) is 0.588. The SMILES string of the molecule is CC(CC(=O)N1CCC(CN)CC1)c1ccccc1C(F)(F)F. The van der Waals surface area contributed by atoms with Gasteiger partial charge in [0.05, 0.1) is 5.56 Å². The van der Waals surface area contributed by atoms with Crippen LogP contribution >= 0.6 is 0 Å². The van der Waals surface area contributed by atoms with Crippen molar-refractivity contribution in [1.82, 2.24) is 4.90 Å². The summed E-state index contributed by atoms with van der Waals surface area (Å²) in [7, 11) is 0. The summed E-state index contributed by atoms with van der Waals surface area (Å²) in [6, 6.07) is 5.49. The highest BCUT2D eigenvalue weighted by Gasteiger charge is 2.34. The molecule has 3 nitrogen and oxygen atoms in total. The monoisotopic (exact) mass is 328 g/mol. The summed E-state index contributed by atoms with van der Waals surface area (Å²) in [5, 5.41) is 0. The molecule has 0 radical (unpaired) electrons. The summed E-state index contributed by atoms with van der Waals surface area (Å²) < 4.78 is 39.2. The minimum absolute atomic E-state index is 0.0788. The summed E-state index contributed by atoms with van der Waals surface area (Å²) in [5.41, 5.74) is 5.16. The number of nitrogens with zero attached hydrogens (tertiary/aromatic N) is 1. The number of hydrogen-bond donors (Lipinski definition) is 1. The Morgan fingerprint density at radius 2 is 1.91 bits per heavy atom. The Kier molecular flexibility index (Phi) is 5.68. The van der Waals surface area contributed by atoms with Crippen molar-refractivity contribution in [2.75, 3.05) is 19.6 Å². The average molecular weight is 328 g/mol. The van der Waals surface area contributed by atoms with E-state index in [-0.39, 0.29) is 17.9 Å². The minimum Gasteiger partial charge on any atom is -0.343 e. The Balaban J connectivity index is 2.02. The van der Waals surface area contributed by atoms with Crippen LogP contribution in [0.5, 0.6) is 0 Å². The van der Waals surface area contributed by atoms with Crippen molar-refractivity contribution < 1.29 is 18.0 Å². The molecule has 1 aliphatic heterocycles. The van der Waals surface area contributed by atoms with Crippen LogP contribution in [0.4, 0.5) is 13.2 Å². The highest BCUT2D eigenvalue weighted by molar-refractivity contribution is 5.77. The van der Waals surface area contributed by atoms with Crippen molar-refractivity contribution in [1.29, 1.82) is 0 Å². The number of alkyl halides is 3. The van der Waals surface area contributed by atoms with E-state index < -0.39 is 17.7 Å². The molecule has 1 aromatic rings. The van der Waals surface area contributed by atoms with Crippen LogP contribution in [0.15, 0.2) is 24.3 Å². The zero-order valence-corrected chi connectivity index (χ0v) is 13.3. The topological polar surface area (TPSA) is 46.3 Å². The first-order valence-corrected chi connectivity index (χ1v) is 7.97. The van der Waals surface area contributed by atoms with Crippen LogP contribution in [0, 0.1) is 5.92 Å². The number of carbonyl (C=O) groups is 1. The lowest BCUT2D eigenvalue weighted by molar-refractivity contribution is -0.139. The highest BCUT2D eigenvalue weighted by Crippen LogP contribution is 2.36. The second-order valence-corrected chi connectivity index (χ2v) is 6.25. The number of amides is 1. The van der Waals surface area contributed by atoms with Crippen LogP contribution < -0.4 is 5.73 Å².